The molecule has 0 spiro atoms. The van der Waals surface area contributed by atoms with E-state index in [4.69, 9.17) is 0 Å². The molecule has 1 heteroatoms. The van der Waals surface area contributed by atoms with Crippen molar-refractivity contribution in [3.05, 3.63) is 94.6 Å². The maximum Gasteiger partial charge on any atom is 0.0912 e. The molecular formula is C21H15N. The minimum absolute atomic E-state index is 0.191. The molecule has 22 heavy (non-hydrogen) atoms. The summed E-state index contributed by atoms with van der Waals surface area (Å²) in [4.78, 5) is 0. The second-order valence-corrected chi connectivity index (χ2v) is 5.70. The molecule has 0 fully saturated rings. The molecule has 0 heterocycles. The van der Waals surface area contributed by atoms with Crippen LogP contribution in [-0.2, 0) is 0 Å². The van der Waals surface area contributed by atoms with Gasteiger partial charge in [-0.3, -0.25) is 0 Å². The Bertz CT molecular complexity index is 798. The maximum absolute atomic E-state index is 9.28. The van der Waals surface area contributed by atoms with Gasteiger partial charge >= 0.3 is 0 Å². The lowest BCUT2D eigenvalue weighted by Crippen LogP contribution is -2.06. The zero-order valence-electron chi connectivity index (χ0n) is 12.1. The van der Waals surface area contributed by atoms with Crippen molar-refractivity contribution in [2.24, 2.45) is 0 Å². The highest BCUT2D eigenvalue weighted by atomic mass is 14.3. The Morgan fingerprint density at radius 1 is 0.818 bits per heavy atom. The Kier molecular flexibility index (Phi) is 3.02. The molecule has 0 aliphatic heterocycles. The fourth-order valence-electron chi connectivity index (χ4n) is 3.53. The van der Waals surface area contributed by atoms with Crippen LogP contribution < -0.4 is 0 Å². The largest absolute Gasteiger partial charge is 0.193 e. The third-order valence-corrected chi connectivity index (χ3v) is 4.55. The molecule has 0 amide bonds. The molecule has 2 aliphatic carbocycles. The molecule has 104 valence electrons. The summed E-state index contributed by atoms with van der Waals surface area (Å²) in [5.41, 5.74) is 6.26. The van der Waals surface area contributed by atoms with Gasteiger partial charge in [0, 0.05) is 17.9 Å². The van der Waals surface area contributed by atoms with Crippen LogP contribution in [0.1, 0.15) is 34.1 Å². The molecular weight excluding hydrogens is 266 g/mol. The molecule has 2 atom stereocenters. The van der Waals surface area contributed by atoms with Crippen molar-refractivity contribution in [1.29, 1.82) is 5.26 Å². The summed E-state index contributed by atoms with van der Waals surface area (Å²) in [5, 5.41) is 9.28. The second-order valence-electron chi connectivity index (χ2n) is 5.70. The highest BCUT2D eigenvalue weighted by Crippen LogP contribution is 2.45. The predicted octanol–water partition coefficient (Wildman–Crippen LogP) is 5.06. The summed E-state index contributed by atoms with van der Waals surface area (Å²) in [6, 6.07) is 19.1. The first-order valence-corrected chi connectivity index (χ1v) is 7.52. The van der Waals surface area contributed by atoms with Gasteiger partial charge in [-0.15, -0.1) is 0 Å². The summed E-state index contributed by atoms with van der Waals surface area (Å²) in [5.74, 6) is 0.383. The van der Waals surface area contributed by atoms with E-state index in [1.165, 1.54) is 22.3 Å². The summed E-state index contributed by atoms with van der Waals surface area (Å²) in [6.45, 7) is 0. The molecule has 2 aromatic rings. The molecule has 4 rings (SSSR count). The monoisotopic (exact) mass is 281 g/mol. The molecule has 2 aromatic carbocycles. The summed E-state index contributed by atoms with van der Waals surface area (Å²) >= 11 is 0. The van der Waals surface area contributed by atoms with E-state index in [0.717, 1.165) is 5.57 Å². The molecule has 0 saturated carbocycles. The number of hydrogen-bond donors (Lipinski definition) is 0. The fraction of sp³-hybridized carbons (Fsp3) is 0.0952. The van der Waals surface area contributed by atoms with Crippen LogP contribution in [0.5, 0.6) is 0 Å². The standard InChI is InChI=1S/C21H15N/c22-14-13-21(19-11-9-15-5-1-3-7-17(15)19)20-12-10-16-6-2-4-8-18(16)20/h1-13,19-20H. The van der Waals surface area contributed by atoms with E-state index in [1.807, 2.05) is 0 Å². The van der Waals surface area contributed by atoms with Crippen molar-refractivity contribution in [1.82, 2.24) is 0 Å². The lowest BCUT2D eigenvalue weighted by Gasteiger charge is -2.21. The fourth-order valence-corrected chi connectivity index (χ4v) is 3.53. The first kappa shape index (κ1) is 12.9. The summed E-state index contributed by atoms with van der Waals surface area (Å²) < 4.78 is 0. The van der Waals surface area contributed by atoms with E-state index in [9.17, 15) is 5.26 Å². The van der Waals surface area contributed by atoms with Gasteiger partial charge < -0.3 is 0 Å². The Balaban J connectivity index is 1.80. The van der Waals surface area contributed by atoms with Crippen molar-refractivity contribution >= 4 is 12.2 Å². The number of benzene rings is 2. The highest BCUT2D eigenvalue weighted by molar-refractivity contribution is 5.70. The minimum atomic E-state index is 0.191. The Labute approximate surface area is 130 Å². The lowest BCUT2D eigenvalue weighted by atomic mass is 9.82. The van der Waals surface area contributed by atoms with Crippen LogP contribution in [0, 0.1) is 11.3 Å². The Morgan fingerprint density at radius 3 is 1.82 bits per heavy atom. The topological polar surface area (TPSA) is 23.8 Å². The van der Waals surface area contributed by atoms with Crippen molar-refractivity contribution in [2.45, 2.75) is 11.8 Å². The minimum Gasteiger partial charge on any atom is -0.193 e. The van der Waals surface area contributed by atoms with Gasteiger partial charge in [0.15, 0.2) is 0 Å². The van der Waals surface area contributed by atoms with Crippen LogP contribution in [0.25, 0.3) is 12.2 Å². The molecule has 1 nitrogen and oxygen atoms in total. The van der Waals surface area contributed by atoms with E-state index in [-0.39, 0.29) is 11.8 Å². The maximum atomic E-state index is 9.28. The molecule has 0 N–H and O–H groups in total. The third kappa shape index (κ3) is 1.93. The molecule has 2 aliphatic rings. The molecule has 2 unspecified atom stereocenters. The van der Waals surface area contributed by atoms with Gasteiger partial charge in [-0.1, -0.05) is 72.8 Å². The first-order valence-electron chi connectivity index (χ1n) is 7.52. The van der Waals surface area contributed by atoms with Crippen LogP contribution >= 0.6 is 0 Å². The lowest BCUT2D eigenvalue weighted by molar-refractivity contribution is 0.879. The van der Waals surface area contributed by atoms with Crippen molar-refractivity contribution in [2.75, 3.05) is 0 Å². The Morgan fingerprint density at radius 2 is 1.32 bits per heavy atom. The molecule has 0 bridgehead atoms. The highest BCUT2D eigenvalue weighted by Gasteiger charge is 2.28. The Hall–Kier alpha value is -2.85. The van der Waals surface area contributed by atoms with Crippen LogP contribution in [-0.4, -0.2) is 0 Å². The van der Waals surface area contributed by atoms with Gasteiger partial charge in [0.25, 0.3) is 0 Å². The van der Waals surface area contributed by atoms with Crippen molar-refractivity contribution < 1.29 is 0 Å². The smallest absolute Gasteiger partial charge is 0.0912 e. The van der Waals surface area contributed by atoms with E-state index in [1.54, 1.807) is 6.08 Å². The number of nitriles is 1. The zero-order chi connectivity index (χ0) is 14.9. The molecule has 0 saturated heterocycles. The molecule has 0 radical (unpaired) electrons. The SMILES string of the molecule is N#CC=C(C1C=Cc2ccccc21)C1C=Cc2ccccc21. The number of fused-ring (bicyclic) bond motifs is 2. The number of hydrogen-bond acceptors (Lipinski definition) is 1. The second kappa shape index (κ2) is 5.16. The molecule has 0 aromatic heterocycles. The third-order valence-electron chi connectivity index (χ3n) is 4.55. The van der Waals surface area contributed by atoms with Crippen LogP contribution in [0.2, 0.25) is 0 Å². The summed E-state index contributed by atoms with van der Waals surface area (Å²) in [6.07, 6.45) is 10.5. The van der Waals surface area contributed by atoms with Gasteiger partial charge in [0.1, 0.15) is 0 Å². The van der Waals surface area contributed by atoms with Gasteiger partial charge in [0.05, 0.1) is 6.07 Å². The van der Waals surface area contributed by atoms with Gasteiger partial charge in [0.2, 0.25) is 0 Å². The average molecular weight is 281 g/mol. The number of nitrogens with zero attached hydrogens (tertiary/aromatic N) is 1. The van der Waals surface area contributed by atoms with E-state index < -0.39 is 0 Å². The van der Waals surface area contributed by atoms with Gasteiger partial charge in [-0.25, -0.2) is 0 Å². The number of allylic oxidation sites excluding steroid dienone is 4. The van der Waals surface area contributed by atoms with Crippen LogP contribution in [0.4, 0.5) is 0 Å². The van der Waals surface area contributed by atoms with E-state index in [0.29, 0.717) is 0 Å². The van der Waals surface area contributed by atoms with Crippen LogP contribution in [0.15, 0.2) is 72.3 Å². The van der Waals surface area contributed by atoms with E-state index in [2.05, 4.69) is 78.9 Å². The van der Waals surface area contributed by atoms with Gasteiger partial charge in [-0.2, -0.15) is 5.26 Å². The first-order chi connectivity index (χ1) is 10.9. The van der Waals surface area contributed by atoms with Crippen molar-refractivity contribution in [3.63, 3.8) is 0 Å². The van der Waals surface area contributed by atoms with Crippen molar-refractivity contribution in [3.8, 4) is 6.07 Å². The number of rotatable bonds is 2. The quantitative estimate of drug-likeness (QED) is 0.706. The van der Waals surface area contributed by atoms with Gasteiger partial charge in [-0.05, 0) is 27.8 Å². The van der Waals surface area contributed by atoms with E-state index >= 15 is 0 Å². The summed E-state index contributed by atoms with van der Waals surface area (Å²) in [7, 11) is 0. The predicted molar refractivity (Wildman–Crippen MR) is 90.1 cm³/mol. The normalized spacial score (nSPS) is 20.3. The average Bonchev–Trinajstić information content (AvgIpc) is 3.17. The van der Waals surface area contributed by atoms with Crippen LogP contribution in [0.3, 0.4) is 0 Å². The zero-order valence-corrected chi connectivity index (χ0v) is 12.1.